The summed E-state index contributed by atoms with van der Waals surface area (Å²) in [7, 11) is -5.62. The van der Waals surface area contributed by atoms with Crippen molar-refractivity contribution >= 4 is 48.6 Å². The van der Waals surface area contributed by atoms with Crippen LogP contribution in [-0.4, -0.2) is 67.3 Å². The van der Waals surface area contributed by atoms with Gasteiger partial charge in [-0.15, -0.1) is 0 Å². The van der Waals surface area contributed by atoms with Crippen LogP contribution in [0.1, 0.15) is 23.3 Å². The molecule has 208 valence electrons. The van der Waals surface area contributed by atoms with Crippen molar-refractivity contribution in [3.05, 3.63) is 59.7 Å². The van der Waals surface area contributed by atoms with Crippen molar-refractivity contribution in [1.29, 1.82) is 9.56 Å². The molecule has 0 aliphatic heterocycles. The molecule has 0 saturated carbocycles. The summed E-state index contributed by atoms with van der Waals surface area (Å²) >= 11 is 10.7. The van der Waals surface area contributed by atoms with Gasteiger partial charge in [-0.05, 0) is 35.4 Å². The van der Waals surface area contributed by atoms with Crippen molar-refractivity contribution in [2.24, 2.45) is 5.73 Å². The Kier molecular flexibility index (Phi) is 12.8. The van der Waals surface area contributed by atoms with E-state index in [1.807, 2.05) is 0 Å². The summed E-state index contributed by atoms with van der Waals surface area (Å²) in [5.74, 6) is -0.806. The van der Waals surface area contributed by atoms with Gasteiger partial charge in [-0.3, -0.25) is 4.79 Å². The first-order valence-corrected chi connectivity index (χ1v) is 15.3. The molecule has 0 bridgehead atoms. The molecule has 9 nitrogen and oxygen atoms in total. The standard InChI is InChI=1S/C12H15Cl2FN2O3S.C10H15FN2O2S/c1-21(16,20)8-4-2-7(3-5-8)10(18)9(6-15)17-12(19)11(13)14;1-16(13,15)8-4-2-7(3-5-8)10(14)9(12)6-11/h2-5,9-11,16,18H,6H2,1H3,(H,17,19);2-5,9-10,13-14H,6,12H2,1H3/t9-,10-,21?;9-,10-,16?/m11/s1. The maximum atomic E-state index is 12.9. The van der Waals surface area contributed by atoms with Crippen LogP contribution in [0.4, 0.5) is 8.78 Å². The van der Waals surface area contributed by atoms with E-state index in [-0.39, 0.29) is 0 Å². The number of aliphatic hydroxyl groups excluding tert-OH is 2. The number of nitrogens with one attached hydrogen (secondary N) is 3. The largest absolute Gasteiger partial charge is 0.387 e. The number of carbonyl (C=O) groups excluding carboxylic acids is 1. The molecule has 2 aromatic rings. The van der Waals surface area contributed by atoms with Gasteiger partial charge in [-0.1, -0.05) is 47.5 Å². The molecule has 6 atom stereocenters. The zero-order chi connectivity index (χ0) is 28.6. The Hall–Kier alpha value is -1.87. The molecule has 0 aromatic heterocycles. The molecule has 0 aliphatic carbocycles. The molecular weight excluding hydrogens is 573 g/mol. The number of alkyl halides is 4. The van der Waals surface area contributed by atoms with E-state index in [4.69, 9.17) is 38.5 Å². The van der Waals surface area contributed by atoms with Crippen LogP contribution < -0.4 is 11.1 Å². The van der Waals surface area contributed by atoms with Crippen LogP contribution in [0.5, 0.6) is 0 Å². The van der Waals surface area contributed by atoms with Gasteiger partial charge in [-0.25, -0.2) is 26.8 Å². The quantitative estimate of drug-likeness (QED) is 0.227. The fourth-order valence-electron chi connectivity index (χ4n) is 2.86. The van der Waals surface area contributed by atoms with Crippen LogP contribution in [0.15, 0.2) is 58.3 Å². The molecule has 0 radical (unpaired) electrons. The first-order chi connectivity index (χ1) is 17.0. The van der Waals surface area contributed by atoms with Gasteiger partial charge < -0.3 is 21.3 Å². The molecule has 0 heterocycles. The molecule has 2 unspecified atom stereocenters. The molecule has 0 saturated heterocycles. The van der Waals surface area contributed by atoms with E-state index in [0.717, 1.165) is 0 Å². The summed E-state index contributed by atoms with van der Waals surface area (Å²) in [4.78, 5) is 10.6. The lowest BCUT2D eigenvalue weighted by atomic mass is 10.0. The summed E-state index contributed by atoms with van der Waals surface area (Å²) in [5.41, 5.74) is 6.12. The second-order valence-corrected chi connectivity index (χ2v) is 13.5. The summed E-state index contributed by atoms with van der Waals surface area (Å²) in [6.07, 6.45) is 0.173. The van der Waals surface area contributed by atoms with E-state index in [0.29, 0.717) is 20.9 Å². The minimum Gasteiger partial charge on any atom is -0.387 e. The highest BCUT2D eigenvalue weighted by molar-refractivity contribution is 7.92. The summed E-state index contributed by atoms with van der Waals surface area (Å²) in [6, 6.07) is 9.49. The van der Waals surface area contributed by atoms with Crippen molar-refractivity contribution in [3.8, 4) is 0 Å². The second kappa shape index (κ2) is 14.3. The van der Waals surface area contributed by atoms with E-state index in [2.05, 4.69) is 5.32 Å². The molecule has 0 aliphatic rings. The summed E-state index contributed by atoms with van der Waals surface area (Å²) < 4.78 is 62.9. The van der Waals surface area contributed by atoms with E-state index in [1.165, 1.54) is 61.0 Å². The Morgan fingerprint density at radius 3 is 1.57 bits per heavy atom. The van der Waals surface area contributed by atoms with Crippen LogP contribution >= 0.6 is 23.2 Å². The van der Waals surface area contributed by atoms with E-state index in [1.54, 1.807) is 0 Å². The molecule has 7 N–H and O–H groups in total. The van der Waals surface area contributed by atoms with E-state index >= 15 is 0 Å². The number of aliphatic hydroxyl groups is 2. The van der Waals surface area contributed by atoms with Crippen LogP contribution in [0.25, 0.3) is 0 Å². The van der Waals surface area contributed by atoms with Crippen molar-refractivity contribution < 1.29 is 32.2 Å². The molecule has 1 amide bonds. The Morgan fingerprint density at radius 2 is 1.27 bits per heavy atom. The lowest BCUT2D eigenvalue weighted by Crippen LogP contribution is -2.43. The third-order valence-corrected chi connectivity index (χ3v) is 7.74. The third kappa shape index (κ3) is 10.4. The van der Waals surface area contributed by atoms with Gasteiger partial charge in [0.1, 0.15) is 19.5 Å². The van der Waals surface area contributed by atoms with Gasteiger partial charge in [0.2, 0.25) is 0 Å². The number of hydrogen-bond donors (Lipinski definition) is 6. The third-order valence-electron chi connectivity index (χ3n) is 5.00. The number of benzene rings is 2. The lowest BCUT2D eigenvalue weighted by molar-refractivity contribution is -0.121. The zero-order valence-corrected chi connectivity index (χ0v) is 23.1. The van der Waals surface area contributed by atoms with Crippen molar-refractivity contribution in [2.45, 2.75) is 38.9 Å². The van der Waals surface area contributed by atoms with Gasteiger partial charge in [-0.2, -0.15) is 0 Å². The van der Waals surface area contributed by atoms with Crippen LogP contribution in [0, 0.1) is 9.56 Å². The number of nitrogens with two attached hydrogens (primary N) is 1. The minimum absolute atomic E-state index is 0.292. The summed E-state index contributed by atoms with van der Waals surface area (Å²) in [5, 5.41) is 21.8. The highest BCUT2D eigenvalue weighted by atomic mass is 35.5. The number of amides is 1. The molecular formula is C22H30Cl2F2N4O5S2. The zero-order valence-electron chi connectivity index (χ0n) is 19.9. The van der Waals surface area contributed by atoms with Crippen molar-refractivity contribution in [1.82, 2.24) is 5.32 Å². The molecule has 0 spiro atoms. The fraction of sp³-hybridized carbons (Fsp3) is 0.409. The van der Waals surface area contributed by atoms with Crippen LogP contribution in [-0.2, 0) is 24.3 Å². The molecule has 15 heteroatoms. The maximum absolute atomic E-state index is 12.9. The van der Waals surface area contributed by atoms with E-state index < -0.39 is 67.8 Å². The minimum atomic E-state index is -2.86. The van der Waals surface area contributed by atoms with Crippen molar-refractivity contribution in [2.75, 3.05) is 25.9 Å². The molecule has 37 heavy (non-hydrogen) atoms. The lowest BCUT2D eigenvalue weighted by Gasteiger charge is -2.22. The van der Waals surface area contributed by atoms with E-state index in [9.17, 15) is 32.2 Å². The van der Waals surface area contributed by atoms with Crippen LogP contribution in [0.2, 0.25) is 0 Å². The average Bonchev–Trinajstić information content (AvgIpc) is 2.85. The van der Waals surface area contributed by atoms with Gasteiger partial charge in [0.15, 0.2) is 4.84 Å². The first-order valence-electron chi connectivity index (χ1n) is 10.5. The van der Waals surface area contributed by atoms with Gasteiger partial charge >= 0.3 is 0 Å². The smallest absolute Gasteiger partial charge is 0.253 e. The number of hydrogen-bond acceptors (Lipinski definition) is 8. The number of rotatable bonds is 10. The molecule has 2 aromatic carbocycles. The number of halogens is 4. The van der Waals surface area contributed by atoms with Crippen molar-refractivity contribution in [3.63, 3.8) is 0 Å². The summed E-state index contributed by atoms with van der Waals surface area (Å²) in [6.45, 7) is -1.83. The molecule has 0 fully saturated rings. The molecule has 2 rings (SSSR count). The number of carbonyl (C=O) groups is 1. The van der Waals surface area contributed by atoms with Gasteiger partial charge in [0, 0.05) is 22.3 Å². The topological polar surface area (TPSA) is 177 Å². The van der Waals surface area contributed by atoms with Crippen LogP contribution in [0.3, 0.4) is 0 Å². The Labute approximate surface area is 225 Å². The highest BCUT2D eigenvalue weighted by Crippen LogP contribution is 2.21. The van der Waals surface area contributed by atoms with Gasteiger partial charge in [0.05, 0.1) is 37.6 Å². The average molecular weight is 604 g/mol. The fourth-order valence-corrected chi connectivity index (χ4v) is 4.30. The predicted octanol–water partition coefficient (Wildman–Crippen LogP) is 3.07. The SMILES string of the molecule is CS(=N)(=O)c1ccc([C@@H](O)[C@@H](CF)NC(=O)C(Cl)Cl)cc1.CS(=N)(=O)c1ccc([C@@H](O)[C@H](N)CF)cc1. The highest BCUT2D eigenvalue weighted by Gasteiger charge is 2.25. The Morgan fingerprint density at radius 1 is 0.892 bits per heavy atom. The first kappa shape index (κ1) is 33.2. The maximum Gasteiger partial charge on any atom is 0.253 e. The Balaban J connectivity index is 0.000000384. The van der Waals surface area contributed by atoms with Gasteiger partial charge in [0.25, 0.3) is 5.91 Å². The Bertz CT molecular complexity index is 1230. The second-order valence-electron chi connectivity index (χ2n) is 8.10. The predicted molar refractivity (Wildman–Crippen MR) is 140 cm³/mol. The normalized spacial score (nSPS) is 17.8. The monoisotopic (exact) mass is 602 g/mol.